The van der Waals surface area contributed by atoms with Gasteiger partial charge in [0.15, 0.2) is 0 Å². The zero-order valence-electron chi connectivity index (χ0n) is 12.7. The van der Waals surface area contributed by atoms with E-state index in [4.69, 9.17) is 4.74 Å². The van der Waals surface area contributed by atoms with Crippen molar-refractivity contribution in [2.24, 2.45) is 5.92 Å². The molecule has 1 aliphatic heterocycles. The molecule has 1 aromatic rings. The third-order valence-electron chi connectivity index (χ3n) is 3.63. The van der Waals surface area contributed by atoms with Crippen LogP contribution in [0.1, 0.15) is 26.3 Å². The van der Waals surface area contributed by atoms with Gasteiger partial charge in [0.05, 0.1) is 13.2 Å². The summed E-state index contributed by atoms with van der Waals surface area (Å²) in [5, 5.41) is 3.34. The van der Waals surface area contributed by atoms with Crippen LogP contribution in [0.25, 0.3) is 0 Å². The quantitative estimate of drug-likeness (QED) is 0.897. The normalized spacial score (nSPS) is 19.6. The molecular formula is C16H25FN2O. The number of benzene rings is 1. The zero-order chi connectivity index (χ0) is 14.5. The summed E-state index contributed by atoms with van der Waals surface area (Å²) >= 11 is 0. The summed E-state index contributed by atoms with van der Waals surface area (Å²) in [6.07, 6.45) is 0. The minimum Gasteiger partial charge on any atom is -0.377 e. The molecule has 0 spiro atoms. The Morgan fingerprint density at radius 2 is 2.25 bits per heavy atom. The van der Waals surface area contributed by atoms with Crippen LogP contribution in [-0.4, -0.2) is 32.3 Å². The summed E-state index contributed by atoms with van der Waals surface area (Å²) in [4.78, 5) is 2.25. The third-order valence-corrected chi connectivity index (χ3v) is 3.63. The van der Waals surface area contributed by atoms with Crippen LogP contribution in [0.2, 0.25) is 0 Å². The number of halogens is 1. The minimum atomic E-state index is -0.127. The van der Waals surface area contributed by atoms with Crippen LogP contribution in [0.5, 0.6) is 0 Å². The highest BCUT2D eigenvalue weighted by Gasteiger charge is 2.22. The first-order valence-corrected chi connectivity index (χ1v) is 7.42. The Morgan fingerprint density at radius 1 is 1.45 bits per heavy atom. The van der Waals surface area contributed by atoms with Gasteiger partial charge >= 0.3 is 0 Å². The average molecular weight is 280 g/mol. The zero-order valence-corrected chi connectivity index (χ0v) is 12.7. The highest BCUT2D eigenvalue weighted by molar-refractivity contribution is 5.55. The first-order chi connectivity index (χ1) is 9.59. The molecule has 4 heteroatoms. The van der Waals surface area contributed by atoms with Gasteiger partial charge < -0.3 is 15.0 Å². The van der Waals surface area contributed by atoms with E-state index in [-0.39, 0.29) is 11.9 Å². The van der Waals surface area contributed by atoms with E-state index in [0.717, 1.165) is 24.3 Å². The van der Waals surface area contributed by atoms with Gasteiger partial charge in [-0.1, -0.05) is 19.9 Å². The van der Waals surface area contributed by atoms with Crippen LogP contribution in [0.3, 0.4) is 0 Å². The maximum atomic E-state index is 14.2. The molecule has 0 amide bonds. The third kappa shape index (κ3) is 3.70. The van der Waals surface area contributed by atoms with E-state index < -0.39 is 0 Å². The first kappa shape index (κ1) is 15.3. The van der Waals surface area contributed by atoms with Crippen molar-refractivity contribution in [3.8, 4) is 0 Å². The average Bonchev–Trinajstić information content (AvgIpc) is 2.41. The monoisotopic (exact) mass is 280 g/mol. The molecule has 1 atom stereocenters. The molecule has 0 radical (unpaired) electrons. The molecule has 1 aliphatic rings. The number of hydrogen-bond acceptors (Lipinski definition) is 3. The predicted molar refractivity (Wildman–Crippen MR) is 80.6 cm³/mol. The van der Waals surface area contributed by atoms with Gasteiger partial charge in [-0.2, -0.15) is 0 Å². The Hall–Kier alpha value is -1.13. The molecule has 0 aromatic heterocycles. The number of nitrogens with zero attached hydrogens (tertiary/aromatic N) is 1. The van der Waals surface area contributed by atoms with Gasteiger partial charge in [0.25, 0.3) is 0 Å². The largest absolute Gasteiger partial charge is 0.377 e. The number of anilines is 1. The highest BCUT2D eigenvalue weighted by atomic mass is 19.1. The summed E-state index contributed by atoms with van der Waals surface area (Å²) in [6.45, 7) is 10.1. The molecule has 2 rings (SSSR count). The fourth-order valence-electron chi connectivity index (χ4n) is 2.56. The molecule has 1 aromatic carbocycles. The molecule has 1 fully saturated rings. The first-order valence-electron chi connectivity index (χ1n) is 7.42. The summed E-state index contributed by atoms with van der Waals surface area (Å²) in [5.74, 6) is 0.435. The van der Waals surface area contributed by atoms with Crippen molar-refractivity contribution >= 4 is 5.69 Å². The van der Waals surface area contributed by atoms with Gasteiger partial charge in [0.1, 0.15) is 5.82 Å². The smallest absolute Gasteiger partial charge is 0.129 e. The predicted octanol–water partition coefficient (Wildman–Crippen LogP) is 2.80. The summed E-state index contributed by atoms with van der Waals surface area (Å²) in [6, 6.07) is 5.63. The topological polar surface area (TPSA) is 24.5 Å². The maximum absolute atomic E-state index is 14.2. The van der Waals surface area contributed by atoms with Crippen molar-refractivity contribution in [1.82, 2.24) is 5.32 Å². The molecule has 1 saturated heterocycles. The molecule has 112 valence electrons. The summed E-state index contributed by atoms with van der Waals surface area (Å²) in [7, 11) is 0. The standard InChI is InChI=1S/C16H25FN2O/c1-12(2)9-18-10-14-15(17)5-4-6-16(14)19-7-8-20-11-13(19)3/h4-6,12-13,18H,7-11H2,1-3H3. The van der Waals surface area contributed by atoms with Crippen LogP contribution in [0, 0.1) is 11.7 Å². The van der Waals surface area contributed by atoms with Crippen molar-refractivity contribution in [1.29, 1.82) is 0 Å². The van der Waals surface area contributed by atoms with Gasteiger partial charge in [-0.25, -0.2) is 4.39 Å². The fraction of sp³-hybridized carbons (Fsp3) is 0.625. The lowest BCUT2D eigenvalue weighted by atomic mass is 10.1. The van der Waals surface area contributed by atoms with Crippen LogP contribution in [0.4, 0.5) is 10.1 Å². The fourth-order valence-corrected chi connectivity index (χ4v) is 2.56. The van der Waals surface area contributed by atoms with Crippen molar-refractivity contribution < 1.29 is 9.13 Å². The van der Waals surface area contributed by atoms with Crippen molar-refractivity contribution in [3.63, 3.8) is 0 Å². The lowest BCUT2D eigenvalue weighted by Gasteiger charge is -2.36. The summed E-state index contributed by atoms with van der Waals surface area (Å²) in [5.41, 5.74) is 1.76. The van der Waals surface area contributed by atoms with Gasteiger partial charge in [0.2, 0.25) is 0 Å². The van der Waals surface area contributed by atoms with Crippen molar-refractivity contribution in [2.45, 2.75) is 33.4 Å². The molecule has 1 heterocycles. The second-order valence-corrected chi connectivity index (χ2v) is 5.88. The lowest BCUT2D eigenvalue weighted by molar-refractivity contribution is 0.0988. The van der Waals surface area contributed by atoms with E-state index in [1.54, 1.807) is 12.1 Å². The lowest BCUT2D eigenvalue weighted by Crippen LogP contribution is -2.44. The van der Waals surface area contributed by atoms with Gasteiger partial charge in [-0.3, -0.25) is 0 Å². The Labute approximate surface area is 121 Å². The Kier molecular flexibility index (Phi) is 5.38. The Morgan fingerprint density at radius 3 is 2.95 bits per heavy atom. The molecule has 1 N–H and O–H groups in total. The van der Waals surface area contributed by atoms with Crippen LogP contribution in [-0.2, 0) is 11.3 Å². The second kappa shape index (κ2) is 7.04. The highest BCUT2D eigenvalue weighted by Crippen LogP contribution is 2.26. The van der Waals surface area contributed by atoms with Crippen LogP contribution in [0.15, 0.2) is 18.2 Å². The van der Waals surface area contributed by atoms with Gasteiger partial charge in [-0.05, 0) is 31.5 Å². The number of nitrogens with one attached hydrogen (secondary N) is 1. The van der Waals surface area contributed by atoms with Crippen molar-refractivity contribution in [2.75, 3.05) is 31.2 Å². The number of rotatable bonds is 5. The van der Waals surface area contributed by atoms with Crippen LogP contribution < -0.4 is 10.2 Å². The van der Waals surface area contributed by atoms with E-state index in [1.807, 2.05) is 6.07 Å². The van der Waals surface area contributed by atoms with E-state index in [1.165, 1.54) is 0 Å². The Bertz CT molecular complexity index is 436. The molecule has 0 bridgehead atoms. The SMILES string of the molecule is CC(C)CNCc1c(F)cccc1N1CCOCC1C. The van der Waals surface area contributed by atoms with Gasteiger partial charge in [0, 0.05) is 30.4 Å². The second-order valence-electron chi connectivity index (χ2n) is 5.88. The molecule has 3 nitrogen and oxygen atoms in total. The van der Waals surface area contributed by atoms with E-state index in [0.29, 0.717) is 25.7 Å². The van der Waals surface area contributed by atoms with Crippen molar-refractivity contribution in [3.05, 3.63) is 29.6 Å². The Balaban J connectivity index is 2.16. The number of hydrogen-bond donors (Lipinski definition) is 1. The van der Waals surface area contributed by atoms with E-state index in [2.05, 4.69) is 31.0 Å². The molecule has 0 saturated carbocycles. The molecule has 0 aliphatic carbocycles. The number of morpholine rings is 1. The molecular weight excluding hydrogens is 255 g/mol. The van der Waals surface area contributed by atoms with E-state index >= 15 is 0 Å². The molecule has 20 heavy (non-hydrogen) atoms. The maximum Gasteiger partial charge on any atom is 0.129 e. The van der Waals surface area contributed by atoms with Crippen LogP contribution >= 0.6 is 0 Å². The molecule has 1 unspecified atom stereocenters. The summed E-state index contributed by atoms with van der Waals surface area (Å²) < 4.78 is 19.6. The van der Waals surface area contributed by atoms with Gasteiger partial charge in [-0.15, -0.1) is 0 Å². The minimum absolute atomic E-state index is 0.127. The van der Waals surface area contributed by atoms with E-state index in [9.17, 15) is 4.39 Å². The number of ether oxygens (including phenoxy) is 1.